The molecule has 0 spiro atoms. The van der Waals surface area contributed by atoms with Crippen LogP contribution in [-0.4, -0.2) is 24.2 Å². The third kappa shape index (κ3) is 6.32. The summed E-state index contributed by atoms with van der Waals surface area (Å²) in [6, 6.07) is 16.7. The number of carbonyl (C=O) groups is 1. The van der Waals surface area contributed by atoms with Gasteiger partial charge < -0.3 is 15.2 Å². The van der Waals surface area contributed by atoms with Crippen molar-refractivity contribution < 1.29 is 13.7 Å². The van der Waals surface area contributed by atoms with E-state index < -0.39 is 0 Å². The SMILES string of the molecule is CC(C)(C)c1ccc(-c2cc(C[C@@H]3CNCC[C@H]3CC(=O)NCc3ccc(F)cc3)no2)cc1. The van der Waals surface area contributed by atoms with Crippen molar-refractivity contribution in [2.45, 2.75) is 52.0 Å². The van der Waals surface area contributed by atoms with Crippen molar-refractivity contribution in [2.24, 2.45) is 11.8 Å². The lowest BCUT2D eigenvalue weighted by Gasteiger charge is -2.31. The first kappa shape index (κ1) is 24.1. The first-order valence-corrected chi connectivity index (χ1v) is 12.1. The maximum Gasteiger partial charge on any atom is 0.220 e. The maximum absolute atomic E-state index is 13.1. The minimum Gasteiger partial charge on any atom is -0.356 e. The summed E-state index contributed by atoms with van der Waals surface area (Å²) in [4.78, 5) is 12.6. The molecule has 180 valence electrons. The molecular formula is C28H34FN3O2. The van der Waals surface area contributed by atoms with Gasteiger partial charge in [0.25, 0.3) is 0 Å². The van der Waals surface area contributed by atoms with E-state index in [0.717, 1.165) is 48.5 Å². The molecule has 1 aliphatic heterocycles. The van der Waals surface area contributed by atoms with E-state index in [0.29, 0.717) is 18.9 Å². The summed E-state index contributed by atoms with van der Waals surface area (Å²) in [5.41, 5.74) is 4.22. The number of amides is 1. The maximum atomic E-state index is 13.1. The zero-order valence-electron chi connectivity index (χ0n) is 20.2. The average molecular weight is 464 g/mol. The summed E-state index contributed by atoms with van der Waals surface area (Å²) in [6.45, 7) is 8.79. The van der Waals surface area contributed by atoms with Crippen LogP contribution in [0.15, 0.2) is 59.1 Å². The van der Waals surface area contributed by atoms with Crippen molar-refractivity contribution in [1.29, 1.82) is 0 Å². The third-order valence-corrected chi connectivity index (χ3v) is 6.68. The molecule has 0 bridgehead atoms. The van der Waals surface area contributed by atoms with Crippen molar-refractivity contribution in [1.82, 2.24) is 15.8 Å². The van der Waals surface area contributed by atoms with E-state index in [2.05, 4.69) is 60.8 Å². The highest BCUT2D eigenvalue weighted by Crippen LogP contribution is 2.29. The van der Waals surface area contributed by atoms with E-state index in [4.69, 9.17) is 4.52 Å². The molecule has 3 aromatic rings. The quantitative estimate of drug-likeness (QED) is 0.502. The van der Waals surface area contributed by atoms with Gasteiger partial charge in [-0.1, -0.05) is 62.3 Å². The fourth-order valence-corrected chi connectivity index (χ4v) is 4.55. The van der Waals surface area contributed by atoms with E-state index >= 15 is 0 Å². The Kier molecular flexibility index (Phi) is 7.47. The number of benzene rings is 2. The highest BCUT2D eigenvalue weighted by Gasteiger charge is 2.28. The number of carbonyl (C=O) groups excluding carboxylic acids is 1. The smallest absolute Gasteiger partial charge is 0.220 e. The van der Waals surface area contributed by atoms with Crippen LogP contribution >= 0.6 is 0 Å². The van der Waals surface area contributed by atoms with Crippen LogP contribution in [0.3, 0.4) is 0 Å². The van der Waals surface area contributed by atoms with Crippen LogP contribution < -0.4 is 10.6 Å². The molecular weight excluding hydrogens is 429 g/mol. The van der Waals surface area contributed by atoms with Crippen molar-refractivity contribution in [2.75, 3.05) is 13.1 Å². The fourth-order valence-electron chi connectivity index (χ4n) is 4.55. The minimum atomic E-state index is -0.273. The molecule has 0 radical (unpaired) electrons. The second kappa shape index (κ2) is 10.5. The van der Waals surface area contributed by atoms with Gasteiger partial charge in [0.05, 0.1) is 5.69 Å². The summed E-state index contributed by atoms with van der Waals surface area (Å²) in [5, 5.41) is 10.8. The Hall–Kier alpha value is -2.99. The molecule has 0 unspecified atom stereocenters. The number of hydrogen-bond acceptors (Lipinski definition) is 4. The summed E-state index contributed by atoms with van der Waals surface area (Å²) in [6.07, 6.45) is 2.20. The van der Waals surface area contributed by atoms with Crippen LogP contribution in [0.4, 0.5) is 4.39 Å². The van der Waals surface area contributed by atoms with Crippen molar-refractivity contribution >= 4 is 5.91 Å². The number of hydrogen-bond donors (Lipinski definition) is 2. The molecule has 1 aliphatic rings. The number of aromatic nitrogens is 1. The van der Waals surface area contributed by atoms with Crippen LogP contribution in [0.1, 0.15) is 50.4 Å². The Morgan fingerprint density at radius 1 is 1.12 bits per heavy atom. The molecule has 1 saturated heterocycles. The monoisotopic (exact) mass is 463 g/mol. The first-order valence-electron chi connectivity index (χ1n) is 12.1. The lowest BCUT2D eigenvalue weighted by atomic mass is 9.81. The predicted molar refractivity (Wildman–Crippen MR) is 132 cm³/mol. The van der Waals surface area contributed by atoms with Gasteiger partial charge in [0.1, 0.15) is 5.82 Å². The topological polar surface area (TPSA) is 67.2 Å². The number of nitrogens with zero attached hydrogens (tertiary/aromatic N) is 1. The molecule has 4 rings (SSSR count). The van der Waals surface area contributed by atoms with Crippen LogP contribution in [-0.2, 0) is 23.2 Å². The van der Waals surface area contributed by atoms with Gasteiger partial charge in [-0.15, -0.1) is 0 Å². The summed E-state index contributed by atoms with van der Waals surface area (Å²) >= 11 is 0. The molecule has 0 saturated carbocycles. The Bertz CT molecular complexity index is 1080. The van der Waals surface area contributed by atoms with Crippen molar-refractivity contribution in [3.05, 3.63) is 77.2 Å². The second-order valence-electron chi connectivity index (χ2n) is 10.3. The normalized spacial score (nSPS) is 18.6. The van der Waals surface area contributed by atoms with Gasteiger partial charge in [-0.2, -0.15) is 0 Å². The van der Waals surface area contributed by atoms with Crippen LogP contribution in [0.5, 0.6) is 0 Å². The van der Waals surface area contributed by atoms with Gasteiger partial charge in [0, 0.05) is 24.6 Å². The average Bonchev–Trinajstić information content (AvgIpc) is 3.28. The van der Waals surface area contributed by atoms with E-state index in [9.17, 15) is 9.18 Å². The Balaban J connectivity index is 1.34. The van der Waals surface area contributed by atoms with Gasteiger partial charge in [0.2, 0.25) is 5.91 Å². The van der Waals surface area contributed by atoms with Crippen LogP contribution in [0, 0.1) is 17.7 Å². The molecule has 2 heterocycles. The number of nitrogens with one attached hydrogen (secondary N) is 2. The number of halogens is 1. The van der Waals surface area contributed by atoms with Gasteiger partial charge in [0.15, 0.2) is 5.76 Å². The molecule has 34 heavy (non-hydrogen) atoms. The lowest BCUT2D eigenvalue weighted by molar-refractivity contribution is -0.122. The zero-order valence-corrected chi connectivity index (χ0v) is 20.2. The Morgan fingerprint density at radius 2 is 1.85 bits per heavy atom. The second-order valence-corrected chi connectivity index (χ2v) is 10.3. The van der Waals surface area contributed by atoms with Gasteiger partial charge in [-0.3, -0.25) is 4.79 Å². The van der Waals surface area contributed by atoms with E-state index in [1.54, 1.807) is 12.1 Å². The molecule has 2 aromatic carbocycles. The van der Waals surface area contributed by atoms with Crippen molar-refractivity contribution in [3.8, 4) is 11.3 Å². The van der Waals surface area contributed by atoms with Crippen LogP contribution in [0.2, 0.25) is 0 Å². The van der Waals surface area contributed by atoms with E-state index in [-0.39, 0.29) is 23.1 Å². The molecule has 1 amide bonds. The van der Waals surface area contributed by atoms with Gasteiger partial charge in [-0.05, 0) is 66.4 Å². The van der Waals surface area contributed by atoms with Gasteiger partial charge >= 0.3 is 0 Å². The Labute approximate surface area is 201 Å². The molecule has 2 N–H and O–H groups in total. The summed E-state index contributed by atoms with van der Waals surface area (Å²) in [7, 11) is 0. The summed E-state index contributed by atoms with van der Waals surface area (Å²) in [5.74, 6) is 1.12. The predicted octanol–water partition coefficient (Wildman–Crippen LogP) is 5.25. The third-order valence-electron chi connectivity index (χ3n) is 6.68. The lowest BCUT2D eigenvalue weighted by Crippen LogP contribution is -2.40. The number of piperidine rings is 1. The van der Waals surface area contributed by atoms with Gasteiger partial charge in [-0.25, -0.2) is 4.39 Å². The van der Waals surface area contributed by atoms with Crippen molar-refractivity contribution in [3.63, 3.8) is 0 Å². The molecule has 1 fully saturated rings. The molecule has 6 heteroatoms. The van der Waals surface area contributed by atoms with Crippen LogP contribution in [0.25, 0.3) is 11.3 Å². The Morgan fingerprint density at radius 3 is 2.56 bits per heavy atom. The molecule has 1 aromatic heterocycles. The molecule has 5 nitrogen and oxygen atoms in total. The highest BCUT2D eigenvalue weighted by atomic mass is 19.1. The standard InChI is InChI=1S/C28H34FN3O2/c1-28(2,3)23-8-6-20(7-9-23)26-16-25(32-34-26)14-22-18-30-13-12-21(22)15-27(33)31-17-19-4-10-24(29)11-5-19/h4-11,16,21-22,30H,12-15,17-18H2,1-3H3,(H,31,33)/t21-,22+/m0/s1. The first-order chi connectivity index (χ1) is 16.3. The highest BCUT2D eigenvalue weighted by molar-refractivity contribution is 5.76. The number of rotatable bonds is 7. The largest absolute Gasteiger partial charge is 0.356 e. The fraction of sp³-hybridized carbons (Fsp3) is 0.429. The molecule has 2 atom stereocenters. The zero-order chi connectivity index (χ0) is 24.1. The van der Waals surface area contributed by atoms with E-state index in [1.807, 2.05) is 6.07 Å². The molecule has 0 aliphatic carbocycles. The summed E-state index contributed by atoms with van der Waals surface area (Å²) < 4.78 is 18.7. The van der Waals surface area contributed by atoms with E-state index in [1.165, 1.54) is 17.7 Å². The minimum absolute atomic E-state index is 0.0287.